The number of benzene rings is 1. The van der Waals surface area contributed by atoms with E-state index in [-0.39, 0.29) is 6.04 Å². The monoisotopic (exact) mass is 298 g/mol. The third-order valence-electron chi connectivity index (χ3n) is 4.12. The van der Waals surface area contributed by atoms with Crippen molar-refractivity contribution in [3.05, 3.63) is 35.4 Å². The zero-order valence-corrected chi connectivity index (χ0v) is 12.7. The van der Waals surface area contributed by atoms with Gasteiger partial charge in [0.2, 0.25) is 0 Å². The Morgan fingerprint density at radius 1 is 1.33 bits per heavy atom. The summed E-state index contributed by atoms with van der Waals surface area (Å²) in [7, 11) is 1.74. The Hall–Kier alpha value is -1.04. The molecule has 1 aliphatic heterocycles. The molecule has 0 radical (unpaired) electrons. The van der Waals surface area contributed by atoms with E-state index in [1.54, 1.807) is 19.2 Å². The average Bonchev–Trinajstić information content (AvgIpc) is 2.50. The van der Waals surface area contributed by atoms with E-state index in [1.165, 1.54) is 0 Å². The molecule has 5 heteroatoms. The Balaban J connectivity index is 2.04. The molecule has 1 N–H and O–H groups in total. The van der Waals surface area contributed by atoms with Crippen molar-refractivity contribution in [2.24, 2.45) is 0 Å². The zero-order valence-electron chi connectivity index (χ0n) is 12.7. The summed E-state index contributed by atoms with van der Waals surface area (Å²) in [5.74, 6) is -1.52. The number of halogens is 2. The molecular weight excluding hydrogens is 274 g/mol. The number of nitrogens with zero attached hydrogens (tertiary/aromatic N) is 1. The lowest BCUT2D eigenvalue weighted by Gasteiger charge is -2.34. The summed E-state index contributed by atoms with van der Waals surface area (Å²) in [5, 5.41) is 3.26. The van der Waals surface area contributed by atoms with Crippen molar-refractivity contribution in [1.82, 2.24) is 10.2 Å². The fraction of sp³-hybridized carbons (Fsp3) is 0.625. The minimum Gasteiger partial charge on any atom is -0.381 e. The van der Waals surface area contributed by atoms with Crippen LogP contribution >= 0.6 is 0 Å². The molecule has 3 nitrogen and oxygen atoms in total. The lowest BCUT2D eigenvalue weighted by molar-refractivity contribution is 0.0383. The fourth-order valence-electron chi connectivity index (χ4n) is 2.89. The molecule has 1 aromatic carbocycles. The molecule has 0 aromatic heterocycles. The van der Waals surface area contributed by atoms with Crippen LogP contribution in [-0.4, -0.2) is 44.3 Å². The summed E-state index contributed by atoms with van der Waals surface area (Å²) in [6, 6.07) is 4.19. The van der Waals surface area contributed by atoms with Gasteiger partial charge in [0.1, 0.15) is 0 Å². The van der Waals surface area contributed by atoms with E-state index < -0.39 is 11.6 Å². The Morgan fingerprint density at radius 2 is 2.05 bits per heavy atom. The van der Waals surface area contributed by atoms with Crippen LogP contribution in [0.25, 0.3) is 0 Å². The standard InChI is InChI=1S/C16H24F2N2O/c1-3-19-15(13-5-4-6-14(17)16(13)18)11-20-9-7-12(21-2)8-10-20/h4-6,12,15,19H,3,7-11H2,1-2H3. The number of hydrogen-bond acceptors (Lipinski definition) is 3. The largest absolute Gasteiger partial charge is 0.381 e. The van der Waals surface area contributed by atoms with Crippen molar-refractivity contribution >= 4 is 0 Å². The second kappa shape index (κ2) is 7.82. The number of likely N-dealkylation sites (N-methyl/N-ethyl adjacent to an activating group) is 1. The second-order valence-electron chi connectivity index (χ2n) is 5.49. The number of rotatable bonds is 6. The number of nitrogens with one attached hydrogen (secondary N) is 1. The molecular formula is C16H24F2N2O. The molecule has 1 saturated heterocycles. The summed E-state index contributed by atoms with van der Waals surface area (Å²) >= 11 is 0. The predicted octanol–water partition coefficient (Wildman–Crippen LogP) is 2.73. The average molecular weight is 298 g/mol. The van der Waals surface area contributed by atoms with E-state index in [0.29, 0.717) is 18.2 Å². The van der Waals surface area contributed by atoms with Crippen LogP contribution in [0, 0.1) is 11.6 Å². The molecule has 0 amide bonds. The van der Waals surface area contributed by atoms with E-state index in [1.807, 2.05) is 6.92 Å². The third-order valence-corrected chi connectivity index (χ3v) is 4.12. The van der Waals surface area contributed by atoms with Gasteiger partial charge in [-0.15, -0.1) is 0 Å². The van der Waals surface area contributed by atoms with E-state index in [4.69, 9.17) is 4.74 Å². The highest BCUT2D eigenvalue weighted by Crippen LogP contribution is 2.22. The van der Waals surface area contributed by atoms with Crippen LogP contribution in [0.3, 0.4) is 0 Å². The van der Waals surface area contributed by atoms with Gasteiger partial charge in [0, 0.05) is 38.3 Å². The van der Waals surface area contributed by atoms with E-state index in [0.717, 1.165) is 38.5 Å². The van der Waals surface area contributed by atoms with Gasteiger partial charge >= 0.3 is 0 Å². The van der Waals surface area contributed by atoms with Crippen LogP contribution in [-0.2, 0) is 4.74 Å². The Labute approximate surface area is 125 Å². The number of piperidine rings is 1. The van der Waals surface area contributed by atoms with Crippen molar-refractivity contribution in [3.63, 3.8) is 0 Å². The van der Waals surface area contributed by atoms with Gasteiger partial charge in [-0.3, -0.25) is 0 Å². The van der Waals surface area contributed by atoms with Crippen LogP contribution in [0.5, 0.6) is 0 Å². The van der Waals surface area contributed by atoms with Crippen LogP contribution < -0.4 is 5.32 Å². The topological polar surface area (TPSA) is 24.5 Å². The molecule has 1 aliphatic rings. The SMILES string of the molecule is CCNC(CN1CCC(OC)CC1)c1cccc(F)c1F. The smallest absolute Gasteiger partial charge is 0.163 e. The van der Waals surface area contributed by atoms with Crippen molar-refractivity contribution in [3.8, 4) is 0 Å². The van der Waals surface area contributed by atoms with Crippen molar-refractivity contribution in [2.45, 2.75) is 31.9 Å². The summed E-state index contributed by atoms with van der Waals surface area (Å²) in [5.41, 5.74) is 0.408. The summed E-state index contributed by atoms with van der Waals surface area (Å²) < 4.78 is 32.8. The molecule has 0 saturated carbocycles. The predicted molar refractivity (Wildman–Crippen MR) is 79.2 cm³/mol. The Morgan fingerprint density at radius 3 is 2.67 bits per heavy atom. The zero-order chi connectivity index (χ0) is 15.2. The Bertz CT molecular complexity index is 448. The first-order chi connectivity index (χ1) is 10.2. The quantitative estimate of drug-likeness (QED) is 0.874. The maximum atomic E-state index is 14.0. The third kappa shape index (κ3) is 4.22. The lowest BCUT2D eigenvalue weighted by Crippen LogP contribution is -2.42. The highest BCUT2D eigenvalue weighted by molar-refractivity contribution is 5.23. The lowest BCUT2D eigenvalue weighted by atomic mass is 10.0. The van der Waals surface area contributed by atoms with E-state index in [9.17, 15) is 8.78 Å². The minimum absolute atomic E-state index is 0.190. The molecule has 21 heavy (non-hydrogen) atoms. The number of likely N-dealkylation sites (tertiary alicyclic amines) is 1. The molecule has 0 aliphatic carbocycles. The molecule has 0 bridgehead atoms. The molecule has 0 spiro atoms. The maximum Gasteiger partial charge on any atom is 0.163 e. The van der Waals surface area contributed by atoms with Gasteiger partial charge in [0.15, 0.2) is 11.6 Å². The fourth-order valence-corrected chi connectivity index (χ4v) is 2.89. The van der Waals surface area contributed by atoms with Crippen LogP contribution in [0.15, 0.2) is 18.2 Å². The second-order valence-corrected chi connectivity index (χ2v) is 5.49. The molecule has 2 rings (SSSR count). The van der Waals surface area contributed by atoms with Crippen LogP contribution in [0.4, 0.5) is 8.78 Å². The van der Waals surface area contributed by atoms with E-state index >= 15 is 0 Å². The molecule has 1 aromatic rings. The molecule has 1 fully saturated rings. The van der Waals surface area contributed by atoms with Crippen molar-refractivity contribution < 1.29 is 13.5 Å². The Kier molecular flexibility index (Phi) is 6.08. The van der Waals surface area contributed by atoms with Gasteiger partial charge in [-0.1, -0.05) is 19.1 Å². The van der Waals surface area contributed by atoms with Gasteiger partial charge in [-0.2, -0.15) is 0 Å². The van der Waals surface area contributed by atoms with Gasteiger partial charge in [0.25, 0.3) is 0 Å². The first kappa shape index (κ1) is 16.3. The maximum absolute atomic E-state index is 14.0. The van der Waals surface area contributed by atoms with Crippen LogP contribution in [0.1, 0.15) is 31.4 Å². The minimum atomic E-state index is -0.784. The number of methoxy groups -OCH3 is 1. The summed E-state index contributed by atoms with van der Waals surface area (Å²) in [6.07, 6.45) is 2.30. The molecule has 1 atom stereocenters. The van der Waals surface area contributed by atoms with Gasteiger partial charge in [-0.05, 0) is 25.5 Å². The highest BCUT2D eigenvalue weighted by atomic mass is 19.2. The molecule has 1 heterocycles. The van der Waals surface area contributed by atoms with Crippen molar-refractivity contribution in [2.75, 3.05) is 33.3 Å². The first-order valence-corrected chi connectivity index (χ1v) is 7.58. The summed E-state index contributed by atoms with van der Waals surface area (Å²) in [4.78, 5) is 2.28. The number of hydrogen-bond donors (Lipinski definition) is 1. The number of ether oxygens (including phenoxy) is 1. The van der Waals surface area contributed by atoms with E-state index in [2.05, 4.69) is 10.2 Å². The summed E-state index contributed by atoms with van der Waals surface area (Å²) in [6.45, 7) is 5.23. The van der Waals surface area contributed by atoms with Gasteiger partial charge < -0.3 is 15.0 Å². The van der Waals surface area contributed by atoms with Gasteiger partial charge in [0.05, 0.1) is 6.10 Å². The van der Waals surface area contributed by atoms with Crippen molar-refractivity contribution in [1.29, 1.82) is 0 Å². The first-order valence-electron chi connectivity index (χ1n) is 7.58. The van der Waals surface area contributed by atoms with Crippen LogP contribution in [0.2, 0.25) is 0 Å². The van der Waals surface area contributed by atoms with Gasteiger partial charge in [-0.25, -0.2) is 8.78 Å². The normalized spacial score (nSPS) is 18.9. The highest BCUT2D eigenvalue weighted by Gasteiger charge is 2.24. The molecule has 1 unspecified atom stereocenters. The molecule has 118 valence electrons.